The Balaban J connectivity index is 2.87. The number of alkyl halides is 1. The highest BCUT2D eigenvalue weighted by Crippen LogP contribution is 2.16. The van der Waals surface area contributed by atoms with Crippen LogP contribution in [0.4, 0.5) is 4.39 Å². The molecular formula is C10H10BrClFNO. The Labute approximate surface area is 101 Å². The van der Waals surface area contributed by atoms with Crippen LogP contribution in [0.1, 0.15) is 10.4 Å². The molecule has 0 bridgehead atoms. The molecule has 82 valence electrons. The lowest BCUT2D eigenvalue weighted by molar-refractivity contribution is 0.0804. The van der Waals surface area contributed by atoms with Crippen molar-refractivity contribution >= 4 is 33.4 Å². The first-order chi connectivity index (χ1) is 7.06. The monoisotopic (exact) mass is 293 g/mol. The van der Waals surface area contributed by atoms with Crippen molar-refractivity contribution < 1.29 is 9.18 Å². The highest BCUT2D eigenvalue weighted by molar-refractivity contribution is 9.09. The minimum Gasteiger partial charge on any atom is -0.341 e. The van der Waals surface area contributed by atoms with E-state index in [-0.39, 0.29) is 10.9 Å². The summed E-state index contributed by atoms with van der Waals surface area (Å²) in [6, 6.07) is 3.95. The largest absolute Gasteiger partial charge is 0.341 e. The first-order valence-electron chi connectivity index (χ1n) is 4.32. The number of amides is 1. The summed E-state index contributed by atoms with van der Waals surface area (Å²) in [5, 5.41) is 0.664. The van der Waals surface area contributed by atoms with E-state index >= 15 is 0 Å². The maximum absolute atomic E-state index is 12.8. The van der Waals surface area contributed by atoms with Gasteiger partial charge in [-0.3, -0.25) is 4.79 Å². The Bertz CT molecular complexity index is 372. The standard InChI is InChI=1S/C10H10BrClFNO/c1-14(5-4-11)10(15)7-2-3-9(13)8(12)6-7/h2-3,6H,4-5H2,1H3. The molecule has 1 amide bonds. The molecule has 0 N–H and O–H groups in total. The molecule has 0 atom stereocenters. The summed E-state index contributed by atoms with van der Waals surface area (Å²) in [5.74, 6) is -0.687. The summed E-state index contributed by atoms with van der Waals surface area (Å²) >= 11 is 8.82. The van der Waals surface area contributed by atoms with Gasteiger partial charge in [-0.1, -0.05) is 27.5 Å². The van der Waals surface area contributed by atoms with Gasteiger partial charge in [0.25, 0.3) is 5.91 Å². The number of rotatable bonds is 3. The highest BCUT2D eigenvalue weighted by atomic mass is 79.9. The SMILES string of the molecule is CN(CCBr)C(=O)c1ccc(F)c(Cl)c1. The Kier molecular flexibility index (Phi) is 4.54. The van der Waals surface area contributed by atoms with E-state index < -0.39 is 5.82 Å². The molecule has 0 saturated carbocycles. The van der Waals surface area contributed by atoms with E-state index in [0.29, 0.717) is 17.4 Å². The van der Waals surface area contributed by atoms with Gasteiger partial charge in [0.15, 0.2) is 0 Å². The van der Waals surface area contributed by atoms with Gasteiger partial charge in [-0.25, -0.2) is 4.39 Å². The van der Waals surface area contributed by atoms with Crippen LogP contribution >= 0.6 is 27.5 Å². The second-order valence-corrected chi connectivity index (χ2v) is 4.24. The van der Waals surface area contributed by atoms with Crippen LogP contribution in [-0.4, -0.2) is 29.7 Å². The minimum absolute atomic E-state index is 0.0342. The van der Waals surface area contributed by atoms with E-state index in [2.05, 4.69) is 15.9 Å². The molecule has 0 heterocycles. The Hall–Kier alpha value is -0.610. The van der Waals surface area contributed by atoms with E-state index in [4.69, 9.17) is 11.6 Å². The predicted molar refractivity (Wildman–Crippen MR) is 62.2 cm³/mol. The average molecular weight is 295 g/mol. The predicted octanol–water partition coefficient (Wildman–Crippen LogP) is 2.95. The van der Waals surface area contributed by atoms with Crippen molar-refractivity contribution in [3.8, 4) is 0 Å². The van der Waals surface area contributed by atoms with E-state index in [1.54, 1.807) is 7.05 Å². The summed E-state index contributed by atoms with van der Waals surface area (Å²) in [7, 11) is 1.68. The number of carbonyl (C=O) groups is 1. The van der Waals surface area contributed by atoms with Crippen LogP contribution in [0.25, 0.3) is 0 Å². The number of carbonyl (C=O) groups excluding carboxylic acids is 1. The molecule has 0 fully saturated rings. The molecule has 1 aromatic rings. The molecule has 5 heteroatoms. The second-order valence-electron chi connectivity index (χ2n) is 3.04. The molecule has 0 aliphatic carbocycles. The molecule has 0 aliphatic rings. The summed E-state index contributed by atoms with van der Waals surface area (Å²) in [5.41, 5.74) is 0.393. The summed E-state index contributed by atoms with van der Waals surface area (Å²) < 4.78 is 12.8. The highest BCUT2D eigenvalue weighted by Gasteiger charge is 2.12. The van der Waals surface area contributed by atoms with Crippen molar-refractivity contribution in [1.82, 2.24) is 4.90 Å². The van der Waals surface area contributed by atoms with Crippen LogP contribution in [0.2, 0.25) is 5.02 Å². The smallest absolute Gasteiger partial charge is 0.253 e. The van der Waals surface area contributed by atoms with Gasteiger partial charge in [0.05, 0.1) is 5.02 Å². The Morgan fingerprint density at radius 3 is 2.80 bits per heavy atom. The van der Waals surface area contributed by atoms with Gasteiger partial charge in [-0.15, -0.1) is 0 Å². The topological polar surface area (TPSA) is 20.3 Å². The normalized spacial score (nSPS) is 10.1. The van der Waals surface area contributed by atoms with Crippen LogP contribution < -0.4 is 0 Å². The van der Waals surface area contributed by atoms with Crippen molar-refractivity contribution in [3.63, 3.8) is 0 Å². The molecule has 0 aromatic heterocycles. The molecule has 0 saturated heterocycles. The quantitative estimate of drug-likeness (QED) is 0.785. The first-order valence-corrected chi connectivity index (χ1v) is 5.82. The third kappa shape index (κ3) is 3.18. The van der Waals surface area contributed by atoms with Crippen molar-refractivity contribution in [2.24, 2.45) is 0 Å². The summed E-state index contributed by atoms with van der Waals surface area (Å²) in [6.45, 7) is 0.591. The van der Waals surface area contributed by atoms with Crippen molar-refractivity contribution in [2.45, 2.75) is 0 Å². The molecule has 0 unspecified atom stereocenters. The molecule has 2 nitrogen and oxygen atoms in total. The Morgan fingerprint density at radius 2 is 2.27 bits per heavy atom. The molecule has 1 rings (SSSR count). The zero-order valence-electron chi connectivity index (χ0n) is 8.14. The maximum atomic E-state index is 12.8. The molecule has 15 heavy (non-hydrogen) atoms. The van der Waals surface area contributed by atoms with Crippen molar-refractivity contribution in [1.29, 1.82) is 0 Å². The van der Waals surface area contributed by atoms with Crippen LogP contribution in [0.3, 0.4) is 0 Å². The van der Waals surface area contributed by atoms with Gasteiger partial charge < -0.3 is 4.90 Å². The molecule has 1 aromatic carbocycles. The number of nitrogens with zero attached hydrogens (tertiary/aromatic N) is 1. The van der Waals surface area contributed by atoms with E-state index in [0.717, 1.165) is 0 Å². The van der Waals surface area contributed by atoms with Gasteiger partial charge in [-0.2, -0.15) is 0 Å². The van der Waals surface area contributed by atoms with Crippen LogP contribution in [0.15, 0.2) is 18.2 Å². The lowest BCUT2D eigenvalue weighted by atomic mass is 10.2. The van der Waals surface area contributed by atoms with Gasteiger partial charge in [0, 0.05) is 24.5 Å². The van der Waals surface area contributed by atoms with E-state index in [1.807, 2.05) is 0 Å². The second kappa shape index (κ2) is 5.47. The van der Waals surface area contributed by atoms with Crippen molar-refractivity contribution in [2.75, 3.05) is 18.9 Å². The van der Waals surface area contributed by atoms with E-state index in [1.165, 1.54) is 23.1 Å². The number of halogens is 3. The maximum Gasteiger partial charge on any atom is 0.253 e. The zero-order valence-corrected chi connectivity index (χ0v) is 10.5. The van der Waals surface area contributed by atoms with Crippen LogP contribution in [0, 0.1) is 5.82 Å². The summed E-state index contributed by atoms with van der Waals surface area (Å²) in [4.78, 5) is 13.3. The van der Waals surface area contributed by atoms with Crippen molar-refractivity contribution in [3.05, 3.63) is 34.6 Å². The zero-order chi connectivity index (χ0) is 11.4. The fourth-order valence-electron chi connectivity index (χ4n) is 1.08. The fourth-order valence-corrected chi connectivity index (χ4v) is 1.79. The minimum atomic E-state index is -0.517. The Morgan fingerprint density at radius 1 is 1.60 bits per heavy atom. The molecule has 0 radical (unpaired) electrons. The van der Waals surface area contributed by atoms with Gasteiger partial charge >= 0.3 is 0 Å². The number of hydrogen-bond donors (Lipinski definition) is 0. The molecular weight excluding hydrogens is 284 g/mol. The number of benzene rings is 1. The van der Waals surface area contributed by atoms with Gasteiger partial charge in [0.2, 0.25) is 0 Å². The average Bonchev–Trinajstić information content (AvgIpc) is 2.21. The third-order valence-electron chi connectivity index (χ3n) is 1.93. The molecule has 0 spiro atoms. The third-order valence-corrected chi connectivity index (χ3v) is 2.58. The number of hydrogen-bond acceptors (Lipinski definition) is 1. The lowest BCUT2D eigenvalue weighted by Crippen LogP contribution is -2.28. The first kappa shape index (κ1) is 12.5. The van der Waals surface area contributed by atoms with Gasteiger partial charge in [-0.05, 0) is 18.2 Å². The molecule has 0 aliphatic heterocycles. The van der Waals surface area contributed by atoms with Gasteiger partial charge in [0.1, 0.15) is 5.82 Å². The lowest BCUT2D eigenvalue weighted by Gasteiger charge is -2.15. The summed E-state index contributed by atoms with van der Waals surface area (Å²) in [6.07, 6.45) is 0. The van der Waals surface area contributed by atoms with Crippen LogP contribution in [0.5, 0.6) is 0 Å². The van der Waals surface area contributed by atoms with Crippen LogP contribution in [-0.2, 0) is 0 Å². The van der Waals surface area contributed by atoms with E-state index in [9.17, 15) is 9.18 Å². The fraction of sp³-hybridized carbons (Fsp3) is 0.300.